The van der Waals surface area contributed by atoms with Crippen molar-refractivity contribution < 1.29 is 19.4 Å². The van der Waals surface area contributed by atoms with Crippen LogP contribution in [0.25, 0.3) is 0 Å². The number of carboxylic acids is 1. The van der Waals surface area contributed by atoms with Crippen LogP contribution in [0, 0.1) is 6.92 Å². The van der Waals surface area contributed by atoms with E-state index in [1.54, 1.807) is 13.0 Å². The van der Waals surface area contributed by atoms with Crippen LogP contribution in [0.4, 0.5) is 5.69 Å². The Hall–Kier alpha value is -2.82. The van der Waals surface area contributed by atoms with Crippen molar-refractivity contribution >= 4 is 17.6 Å². The van der Waals surface area contributed by atoms with Gasteiger partial charge in [0.15, 0.2) is 0 Å². The van der Waals surface area contributed by atoms with Gasteiger partial charge in [-0.25, -0.2) is 4.79 Å². The van der Waals surface area contributed by atoms with E-state index in [4.69, 9.17) is 4.74 Å². The highest BCUT2D eigenvalue weighted by Gasteiger charge is 2.42. The molecule has 5 heteroatoms. The summed E-state index contributed by atoms with van der Waals surface area (Å²) < 4.78 is 5.26. The maximum absolute atomic E-state index is 13.2. The standard InChI is InChI=1S/C21H23NO4/c1-14-17(11-10-16(19(23)24)18(14)26-2)22-20(25)21(12-6-7-13-21)15-8-4-3-5-9-15/h3-5,8-11H,6-7,12-13H2,1-2H3,(H,22,25)(H,23,24). The number of hydrogen-bond donors (Lipinski definition) is 2. The smallest absolute Gasteiger partial charge is 0.339 e. The molecule has 3 rings (SSSR count). The molecule has 1 fully saturated rings. The lowest BCUT2D eigenvalue weighted by atomic mass is 9.78. The Bertz CT molecular complexity index is 823. The van der Waals surface area contributed by atoms with Crippen LogP contribution in [0.2, 0.25) is 0 Å². The van der Waals surface area contributed by atoms with Gasteiger partial charge < -0.3 is 15.2 Å². The molecule has 0 aromatic heterocycles. The Kier molecular flexibility index (Phi) is 4.98. The second-order valence-corrected chi connectivity index (χ2v) is 6.73. The number of carboxylic acid groups (broad SMARTS) is 1. The van der Waals surface area contributed by atoms with Crippen molar-refractivity contribution in [2.24, 2.45) is 0 Å². The molecule has 136 valence electrons. The molecule has 0 radical (unpaired) electrons. The average Bonchev–Trinajstić information content (AvgIpc) is 3.15. The first-order chi connectivity index (χ1) is 12.5. The molecule has 0 unspecified atom stereocenters. The maximum atomic E-state index is 13.2. The van der Waals surface area contributed by atoms with Gasteiger partial charge in [-0.3, -0.25) is 4.79 Å². The van der Waals surface area contributed by atoms with Crippen molar-refractivity contribution in [2.45, 2.75) is 38.0 Å². The van der Waals surface area contributed by atoms with Gasteiger partial charge in [0.1, 0.15) is 11.3 Å². The lowest BCUT2D eigenvalue weighted by Gasteiger charge is -2.29. The van der Waals surface area contributed by atoms with Crippen molar-refractivity contribution in [2.75, 3.05) is 12.4 Å². The third-order valence-corrected chi connectivity index (χ3v) is 5.31. The molecule has 0 aliphatic heterocycles. The van der Waals surface area contributed by atoms with Gasteiger partial charge in [0.2, 0.25) is 5.91 Å². The molecule has 2 aromatic rings. The Morgan fingerprint density at radius 1 is 1.08 bits per heavy atom. The van der Waals surface area contributed by atoms with E-state index < -0.39 is 11.4 Å². The minimum Gasteiger partial charge on any atom is -0.495 e. The summed E-state index contributed by atoms with van der Waals surface area (Å²) in [7, 11) is 1.43. The van der Waals surface area contributed by atoms with E-state index in [-0.39, 0.29) is 17.2 Å². The number of amides is 1. The first-order valence-corrected chi connectivity index (χ1v) is 8.77. The largest absolute Gasteiger partial charge is 0.495 e. The molecular formula is C21H23NO4. The van der Waals surface area contributed by atoms with Crippen molar-refractivity contribution in [3.8, 4) is 5.75 Å². The van der Waals surface area contributed by atoms with E-state index in [0.717, 1.165) is 31.2 Å². The second kappa shape index (κ2) is 7.20. The minimum absolute atomic E-state index is 0.0468. The molecule has 0 saturated heterocycles. The van der Waals surface area contributed by atoms with Crippen LogP contribution < -0.4 is 10.1 Å². The number of carbonyl (C=O) groups excluding carboxylic acids is 1. The summed E-state index contributed by atoms with van der Waals surface area (Å²) in [6.45, 7) is 1.75. The highest BCUT2D eigenvalue weighted by atomic mass is 16.5. The van der Waals surface area contributed by atoms with Gasteiger partial charge in [-0.1, -0.05) is 43.2 Å². The molecule has 0 bridgehead atoms. The first-order valence-electron chi connectivity index (χ1n) is 8.77. The van der Waals surface area contributed by atoms with Crippen LogP contribution in [0.1, 0.15) is 47.2 Å². The Morgan fingerprint density at radius 3 is 2.31 bits per heavy atom. The summed E-state index contributed by atoms with van der Waals surface area (Å²) in [5.41, 5.74) is 1.77. The molecule has 0 atom stereocenters. The summed E-state index contributed by atoms with van der Waals surface area (Å²) >= 11 is 0. The molecular weight excluding hydrogens is 330 g/mol. The van der Waals surface area contributed by atoms with Crippen molar-refractivity contribution in [3.63, 3.8) is 0 Å². The molecule has 1 amide bonds. The fraction of sp³-hybridized carbons (Fsp3) is 0.333. The number of rotatable bonds is 5. The van der Waals surface area contributed by atoms with Crippen molar-refractivity contribution in [1.82, 2.24) is 0 Å². The zero-order chi connectivity index (χ0) is 18.7. The normalized spacial score (nSPS) is 15.5. The van der Waals surface area contributed by atoms with Gasteiger partial charge in [-0.2, -0.15) is 0 Å². The average molecular weight is 353 g/mol. The van der Waals surface area contributed by atoms with Crippen LogP contribution in [0.15, 0.2) is 42.5 Å². The number of benzene rings is 2. The van der Waals surface area contributed by atoms with Crippen LogP contribution in [0.5, 0.6) is 5.75 Å². The van der Waals surface area contributed by atoms with Gasteiger partial charge in [0.25, 0.3) is 0 Å². The van der Waals surface area contributed by atoms with Crippen LogP contribution in [-0.2, 0) is 10.2 Å². The highest BCUT2D eigenvalue weighted by molar-refractivity contribution is 6.01. The van der Waals surface area contributed by atoms with Gasteiger partial charge in [0.05, 0.1) is 12.5 Å². The van der Waals surface area contributed by atoms with E-state index in [2.05, 4.69) is 5.32 Å². The summed E-state index contributed by atoms with van der Waals surface area (Å²) in [4.78, 5) is 24.6. The minimum atomic E-state index is -1.06. The molecule has 0 spiro atoms. The van der Waals surface area contributed by atoms with E-state index in [0.29, 0.717) is 11.3 Å². The first kappa shape index (κ1) is 18.0. The van der Waals surface area contributed by atoms with Gasteiger partial charge in [-0.05, 0) is 37.5 Å². The van der Waals surface area contributed by atoms with Crippen molar-refractivity contribution in [3.05, 3.63) is 59.2 Å². The zero-order valence-electron chi connectivity index (χ0n) is 15.0. The Morgan fingerprint density at radius 2 is 1.73 bits per heavy atom. The highest BCUT2D eigenvalue weighted by Crippen LogP contribution is 2.42. The molecule has 2 N–H and O–H groups in total. The number of aromatic carboxylic acids is 1. The number of anilines is 1. The van der Waals surface area contributed by atoms with E-state index in [9.17, 15) is 14.7 Å². The van der Waals surface area contributed by atoms with Gasteiger partial charge >= 0.3 is 5.97 Å². The fourth-order valence-electron chi connectivity index (χ4n) is 3.88. The Labute approximate surface area is 153 Å². The monoisotopic (exact) mass is 353 g/mol. The second-order valence-electron chi connectivity index (χ2n) is 6.73. The van der Waals surface area contributed by atoms with Gasteiger partial charge in [0, 0.05) is 11.3 Å². The molecule has 26 heavy (non-hydrogen) atoms. The summed E-state index contributed by atoms with van der Waals surface area (Å²) in [6.07, 6.45) is 3.66. The predicted molar refractivity (Wildman–Crippen MR) is 99.9 cm³/mol. The quantitative estimate of drug-likeness (QED) is 0.846. The zero-order valence-corrected chi connectivity index (χ0v) is 15.0. The molecule has 2 aromatic carbocycles. The topological polar surface area (TPSA) is 75.6 Å². The SMILES string of the molecule is COc1c(C(=O)O)ccc(NC(=O)C2(c3ccccc3)CCCC2)c1C. The lowest BCUT2D eigenvalue weighted by molar-refractivity contribution is -0.121. The number of carbonyl (C=O) groups is 2. The van der Waals surface area contributed by atoms with Crippen LogP contribution in [0.3, 0.4) is 0 Å². The van der Waals surface area contributed by atoms with E-state index in [1.165, 1.54) is 13.2 Å². The number of methoxy groups -OCH3 is 1. The number of ether oxygens (including phenoxy) is 1. The van der Waals surface area contributed by atoms with E-state index in [1.807, 2.05) is 30.3 Å². The third kappa shape index (κ3) is 3.05. The molecule has 1 saturated carbocycles. The predicted octanol–water partition coefficient (Wildman–Crippen LogP) is 4.15. The van der Waals surface area contributed by atoms with Gasteiger partial charge in [-0.15, -0.1) is 0 Å². The number of nitrogens with one attached hydrogen (secondary N) is 1. The fourth-order valence-corrected chi connectivity index (χ4v) is 3.88. The molecule has 0 heterocycles. The summed E-state index contributed by atoms with van der Waals surface area (Å²) in [5.74, 6) is -0.829. The van der Waals surface area contributed by atoms with Crippen LogP contribution in [-0.4, -0.2) is 24.1 Å². The number of hydrogen-bond acceptors (Lipinski definition) is 3. The molecule has 5 nitrogen and oxygen atoms in total. The molecule has 1 aliphatic carbocycles. The summed E-state index contributed by atoms with van der Waals surface area (Å²) in [6, 6.07) is 13.0. The maximum Gasteiger partial charge on any atom is 0.339 e. The molecule has 1 aliphatic rings. The van der Waals surface area contributed by atoms with Crippen LogP contribution >= 0.6 is 0 Å². The van der Waals surface area contributed by atoms with E-state index >= 15 is 0 Å². The summed E-state index contributed by atoms with van der Waals surface area (Å²) in [5, 5.41) is 12.3. The Balaban J connectivity index is 1.95. The lowest BCUT2D eigenvalue weighted by Crippen LogP contribution is -2.38. The van der Waals surface area contributed by atoms with Crippen molar-refractivity contribution in [1.29, 1.82) is 0 Å². The third-order valence-electron chi connectivity index (χ3n) is 5.31.